The van der Waals surface area contributed by atoms with Gasteiger partial charge in [-0.1, -0.05) is 26.0 Å². The quantitative estimate of drug-likeness (QED) is 0.332. The summed E-state index contributed by atoms with van der Waals surface area (Å²) in [5, 5.41) is -0.293. The number of carbonyl (C=O) groups excluding carboxylic acids is 1. The van der Waals surface area contributed by atoms with Crippen LogP contribution in [0, 0.1) is 5.82 Å². The smallest absolute Gasteiger partial charge is 0.308 e. The summed E-state index contributed by atoms with van der Waals surface area (Å²) in [5.74, 6) is -1.85. The number of ether oxygens (including phenoxy) is 3. The summed E-state index contributed by atoms with van der Waals surface area (Å²) in [6, 6.07) is 5.70. The topological polar surface area (TPSA) is 105 Å². The molecule has 0 aliphatic carbocycles. The fourth-order valence-electron chi connectivity index (χ4n) is 4.23. The first-order chi connectivity index (χ1) is 17.4. The highest BCUT2D eigenvalue weighted by Crippen LogP contribution is 2.33. The maximum absolute atomic E-state index is 13.7. The van der Waals surface area contributed by atoms with Crippen molar-refractivity contribution in [1.82, 2.24) is 9.97 Å². The normalized spacial score (nSPS) is 20.2. The lowest BCUT2D eigenvalue weighted by Gasteiger charge is -2.39. The van der Waals surface area contributed by atoms with Crippen molar-refractivity contribution < 1.29 is 31.8 Å². The van der Waals surface area contributed by atoms with E-state index in [1.165, 1.54) is 12.1 Å². The maximum Gasteiger partial charge on any atom is 0.308 e. The third-order valence-corrected chi connectivity index (χ3v) is 6.47. The predicted octanol–water partition coefficient (Wildman–Crippen LogP) is 5.46. The summed E-state index contributed by atoms with van der Waals surface area (Å²) in [6.45, 7) is 12.8. The molecule has 0 bridgehead atoms. The minimum atomic E-state index is -3.70. The summed E-state index contributed by atoms with van der Waals surface area (Å²) in [4.78, 5) is 21.2. The number of halogens is 1. The molecule has 38 heavy (non-hydrogen) atoms. The van der Waals surface area contributed by atoms with Gasteiger partial charge in [-0.2, -0.15) is 0 Å². The summed E-state index contributed by atoms with van der Waals surface area (Å²) in [6.07, 6.45) is 4.35. The van der Waals surface area contributed by atoms with Gasteiger partial charge in [0.1, 0.15) is 11.4 Å². The van der Waals surface area contributed by atoms with Crippen molar-refractivity contribution >= 4 is 21.9 Å². The first-order valence-electron chi connectivity index (χ1n) is 12.6. The number of sulfone groups is 1. The first kappa shape index (κ1) is 29.9. The van der Waals surface area contributed by atoms with Crippen LogP contribution >= 0.6 is 0 Å². The molecule has 0 N–H and O–H groups in total. The minimum Gasteiger partial charge on any atom is -0.460 e. The number of rotatable bonds is 7. The fraction of sp³-hybridized carbons (Fsp3) is 0.536. The molecule has 2 aromatic rings. The molecule has 0 unspecified atom stereocenters. The van der Waals surface area contributed by atoms with Crippen molar-refractivity contribution in [3.63, 3.8) is 0 Å². The molecule has 2 atom stereocenters. The van der Waals surface area contributed by atoms with Gasteiger partial charge >= 0.3 is 5.97 Å². The minimum absolute atomic E-state index is 0.0820. The lowest BCUT2D eigenvalue weighted by atomic mass is 9.97. The van der Waals surface area contributed by atoms with Crippen molar-refractivity contribution in [3.8, 4) is 11.3 Å². The van der Waals surface area contributed by atoms with E-state index >= 15 is 0 Å². The molecule has 208 valence electrons. The highest BCUT2D eigenvalue weighted by molar-refractivity contribution is 7.90. The monoisotopic (exact) mass is 548 g/mol. The SMILES string of the molecule is CC(C)c1nc(S(C)(=O)=O)nc(-c2ccc(F)cc2)c1/C=C/[C@H]1C[C@@H](CC(=O)OC(C)(C)C)OC(C)(C)O1. The molecule has 1 aromatic heterocycles. The second kappa shape index (κ2) is 11.2. The van der Waals surface area contributed by atoms with Gasteiger partial charge in [0.15, 0.2) is 5.79 Å². The Morgan fingerprint density at radius 1 is 1.18 bits per heavy atom. The van der Waals surface area contributed by atoms with E-state index in [0.29, 0.717) is 28.9 Å². The molecule has 1 saturated heterocycles. The summed E-state index contributed by atoms with van der Waals surface area (Å²) in [5.41, 5.74) is 1.47. The predicted molar refractivity (Wildman–Crippen MR) is 143 cm³/mol. The third-order valence-electron chi connectivity index (χ3n) is 5.62. The molecule has 0 amide bonds. The van der Waals surface area contributed by atoms with Gasteiger partial charge in [0.2, 0.25) is 15.0 Å². The van der Waals surface area contributed by atoms with Crippen LogP contribution < -0.4 is 0 Å². The summed E-state index contributed by atoms with van der Waals surface area (Å²) in [7, 11) is -3.70. The van der Waals surface area contributed by atoms with Crippen LogP contribution in [-0.2, 0) is 28.8 Å². The largest absolute Gasteiger partial charge is 0.460 e. The Kier molecular flexibility index (Phi) is 8.80. The molecule has 8 nitrogen and oxygen atoms in total. The number of carbonyl (C=O) groups is 1. The molecule has 0 saturated carbocycles. The molecule has 1 aliphatic rings. The number of aromatic nitrogens is 2. The van der Waals surface area contributed by atoms with E-state index in [1.807, 2.05) is 40.7 Å². The Labute approximate surface area is 224 Å². The van der Waals surface area contributed by atoms with Crippen LogP contribution in [0.5, 0.6) is 0 Å². The Morgan fingerprint density at radius 3 is 2.37 bits per heavy atom. The van der Waals surface area contributed by atoms with Crippen molar-refractivity contribution in [3.05, 3.63) is 47.4 Å². The zero-order valence-corrected chi connectivity index (χ0v) is 24.1. The molecular weight excluding hydrogens is 511 g/mol. The average Bonchev–Trinajstić information content (AvgIpc) is 2.74. The lowest BCUT2D eigenvalue weighted by molar-refractivity contribution is -0.290. The van der Waals surface area contributed by atoms with Crippen molar-refractivity contribution in [2.75, 3.05) is 6.26 Å². The van der Waals surface area contributed by atoms with Crippen LogP contribution in [0.2, 0.25) is 0 Å². The fourth-order valence-corrected chi connectivity index (χ4v) is 4.75. The molecule has 3 rings (SSSR count). The van der Waals surface area contributed by atoms with Gasteiger partial charge in [0.25, 0.3) is 0 Å². The van der Waals surface area contributed by atoms with Gasteiger partial charge in [0.05, 0.1) is 30.0 Å². The van der Waals surface area contributed by atoms with Gasteiger partial charge in [0, 0.05) is 23.8 Å². The van der Waals surface area contributed by atoms with E-state index in [9.17, 15) is 17.6 Å². The van der Waals surface area contributed by atoms with Crippen molar-refractivity contribution in [2.45, 2.75) is 96.0 Å². The van der Waals surface area contributed by atoms with Crippen LogP contribution in [0.1, 0.15) is 78.5 Å². The van der Waals surface area contributed by atoms with Gasteiger partial charge in [-0.25, -0.2) is 22.8 Å². The van der Waals surface area contributed by atoms with Gasteiger partial charge < -0.3 is 14.2 Å². The number of esters is 1. The lowest BCUT2D eigenvalue weighted by Crippen LogP contribution is -2.45. The van der Waals surface area contributed by atoms with E-state index in [1.54, 1.807) is 32.1 Å². The average molecular weight is 549 g/mol. The van der Waals surface area contributed by atoms with Crippen LogP contribution in [0.4, 0.5) is 4.39 Å². The van der Waals surface area contributed by atoms with E-state index in [-0.39, 0.29) is 23.5 Å². The second-order valence-electron chi connectivity index (χ2n) is 11.3. The van der Waals surface area contributed by atoms with Crippen LogP contribution in [0.25, 0.3) is 17.3 Å². The molecule has 0 radical (unpaired) electrons. The van der Waals surface area contributed by atoms with E-state index in [0.717, 1.165) is 6.26 Å². The zero-order chi connectivity index (χ0) is 28.5. The highest BCUT2D eigenvalue weighted by Gasteiger charge is 2.36. The van der Waals surface area contributed by atoms with Crippen molar-refractivity contribution in [2.24, 2.45) is 0 Å². The van der Waals surface area contributed by atoms with Gasteiger partial charge in [-0.15, -0.1) is 0 Å². The molecule has 10 heteroatoms. The number of nitrogens with zero attached hydrogens (tertiary/aromatic N) is 2. The van der Waals surface area contributed by atoms with E-state index in [2.05, 4.69) is 9.97 Å². The number of hydrogen-bond donors (Lipinski definition) is 0. The van der Waals surface area contributed by atoms with Crippen LogP contribution in [0.3, 0.4) is 0 Å². The Bertz CT molecular complexity index is 1300. The van der Waals surface area contributed by atoms with E-state index in [4.69, 9.17) is 14.2 Å². The number of hydrogen-bond acceptors (Lipinski definition) is 8. The molecule has 1 aromatic carbocycles. The Balaban J connectivity index is 2.01. The second-order valence-corrected chi connectivity index (χ2v) is 13.2. The summed E-state index contributed by atoms with van der Waals surface area (Å²) >= 11 is 0. The summed E-state index contributed by atoms with van der Waals surface area (Å²) < 4.78 is 55.9. The van der Waals surface area contributed by atoms with Gasteiger partial charge in [-0.05, 0) is 64.8 Å². The Hall–Kier alpha value is -2.69. The maximum atomic E-state index is 13.7. The standard InChI is InChI=1S/C28H37FN2O6S/c1-17(2)24-22(25(18-9-11-19(29)12-10-18)31-26(30-24)38(8,33)34)14-13-20-15-21(36-28(6,7)35-20)16-23(32)37-27(3,4)5/h9-14,17,20-21H,15-16H2,1-8H3/b14-13+/t20-,21-/m0/s1. The highest BCUT2D eigenvalue weighted by atomic mass is 32.2. The molecule has 2 heterocycles. The molecule has 0 spiro atoms. The third kappa shape index (κ3) is 8.15. The van der Waals surface area contributed by atoms with Crippen molar-refractivity contribution in [1.29, 1.82) is 0 Å². The van der Waals surface area contributed by atoms with Crippen LogP contribution in [0.15, 0.2) is 35.5 Å². The van der Waals surface area contributed by atoms with Crippen LogP contribution in [-0.4, -0.2) is 54.2 Å². The van der Waals surface area contributed by atoms with E-state index < -0.39 is 39.3 Å². The molecule has 1 aliphatic heterocycles. The molecule has 1 fully saturated rings. The zero-order valence-electron chi connectivity index (χ0n) is 23.2. The first-order valence-corrected chi connectivity index (χ1v) is 14.5. The van der Waals surface area contributed by atoms with Gasteiger partial charge in [-0.3, -0.25) is 4.79 Å². The Morgan fingerprint density at radius 2 is 1.82 bits per heavy atom. The number of benzene rings is 1. The molecular formula is C28H37FN2O6S.